The average molecular weight is 239 g/mol. The van der Waals surface area contributed by atoms with Gasteiger partial charge in [-0.1, -0.05) is 6.92 Å². The highest BCUT2D eigenvalue weighted by Crippen LogP contribution is 2.22. The lowest BCUT2D eigenvalue weighted by Gasteiger charge is -2.09. The van der Waals surface area contributed by atoms with Crippen molar-refractivity contribution in [3.63, 3.8) is 0 Å². The van der Waals surface area contributed by atoms with Crippen LogP contribution in [-0.2, 0) is 4.79 Å². The summed E-state index contributed by atoms with van der Waals surface area (Å²) in [6.45, 7) is 3.30. The predicted octanol–water partition coefficient (Wildman–Crippen LogP) is 1.43. The molecule has 92 valence electrons. The number of hydrogen-bond donors (Lipinski definition) is 2. The topological polar surface area (TPSA) is 105 Å². The maximum atomic E-state index is 10.8. The van der Waals surface area contributed by atoms with Crippen molar-refractivity contribution in [2.24, 2.45) is 5.92 Å². The number of aliphatic carboxylic acids is 1. The molecule has 0 fully saturated rings. The van der Waals surface area contributed by atoms with E-state index in [0.29, 0.717) is 5.56 Å². The van der Waals surface area contributed by atoms with Gasteiger partial charge in [0, 0.05) is 18.8 Å². The van der Waals surface area contributed by atoms with Gasteiger partial charge in [0.05, 0.1) is 10.8 Å². The van der Waals surface area contributed by atoms with Gasteiger partial charge < -0.3 is 10.4 Å². The minimum absolute atomic E-state index is 0.0895. The van der Waals surface area contributed by atoms with E-state index in [1.54, 1.807) is 6.92 Å². The zero-order valence-electron chi connectivity index (χ0n) is 9.51. The number of hydrogen-bond acceptors (Lipinski definition) is 5. The Labute approximate surface area is 97.6 Å². The Morgan fingerprint density at radius 2 is 2.35 bits per heavy atom. The minimum Gasteiger partial charge on any atom is -0.481 e. The van der Waals surface area contributed by atoms with Gasteiger partial charge in [-0.3, -0.25) is 14.9 Å². The van der Waals surface area contributed by atoms with Crippen LogP contribution in [0.3, 0.4) is 0 Å². The molecule has 1 unspecified atom stereocenters. The summed E-state index contributed by atoms with van der Waals surface area (Å²) in [5, 5.41) is 22.1. The summed E-state index contributed by atoms with van der Waals surface area (Å²) in [6, 6.07) is 1.39. The third-order valence-electron chi connectivity index (χ3n) is 2.20. The van der Waals surface area contributed by atoms with E-state index in [1.165, 1.54) is 19.2 Å². The average Bonchev–Trinajstić information content (AvgIpc) is 2.26. The van der Waals surface area contributed by atoms with Crippen LogP contribution >= 0.6 is 0 Å². The Kier molecular flexibility index (Phi) is 3.97. The second-order valence-electron chi connectivity index (χ2n) is 3.76. The molecular weight excluding hydrogens is 226 g/mol. The number of nitrogens with zero attached hydrogens (tertiary/aromatic N) is 2. The summed E-state index contributed by atoms with van der Waals surface area (Å²) in [6.07, 6.45) is 1.49. The van der Waals surface area contributed by atoms with E-state index in [0.717, 1.165) is 0 Å². The zero-order valence-corrected chi connectivity index (χ0v) is 9.51. The lowest BCUT2D eigenvalue weighted by atomic mass is 10.2. The van der Waals surface area contributed by atoms with Crippen LogP contribution in [0.4, 0.5) is 11.5 Å². The zero-order chi connectivity index (χ0) is 13.0. The molecule has 1 atom stereocenters. The Morgan fingerprint density at radius 3 is 2.88 bits per heavy atom. The highest BCUT2D eigenvalue weighted by Gasteiger charge is 2.17. The van der Waals surface area contributed by atoms with Crippen molar-refractivity contribution in [1.82, 2.24) is 4.98 Å². The Balaban J connectivity index is 2.84. The molecule has 1 aromatic heterocycles. The minimum atomic E-state index is -0.965. The van der Waals surface area contributed by atoms with Crippen molar-refractivity contribution >= 4 is 17.5 Å². The first kappa shape index (κ1) is 12.9. The van der Waals surface area contributed by atoms with E-state index < -0.39 is 16.8 Å². The van der Waals surface area contributed by atoms with Gasteiger partial charge in [-0.2, -0.15) is 0 Å². The van der Waals surface area contributed by atoms with Crippen LogP contribution in [-0.4, -0.2) is 27.5 Å². The van der Waals surface area contributed by atoms with Gasteiger partial charge in [0.15, 0.2) is 0 Å². The van der Waals surface area contributed by atoms with Crippen LogP contribution in [0.1, 0.15) is 12.5 Å². The molecule has 7 heteroatoms. The third kappa shape index (κ3) is 3.40. The van der Waals surface area contributed by atoms with Crippen molar-refractivity contribution < 1.29 is 14.8 Å². The molecule has 0 aliphatic heterocycles. The molecule has 0 saturated carbocycles. The van der Waals surface area contributed by atoms with E-state index in [2.05, 4.69) is 10.3 Å². The smallest absolute Gasteiger partial charge is 0.311 e. The van der Waals surface area contributed by atoms with E-state index in [1.807, 2.05) is 0 Å². The Morgan fingerprint density at radius 1 is 1.71 bits per heavy atom. The van der Waals surface area contributed by atoms with Crippen molar-refractivity contribution in [2.45, 2.75) is 13.8 Å². The molecule has 0 saturated heterocycles. The summed E-state index contributed by atoms with van der Waals surface area (Å²) >= 11 is 0. The fourth-order valence-electron chi connectivity index (χ4n) is 1.17. The number of aryl methyl sites for hydroxylation is 1. The van der Waals surface area contributed by atoms with Crippen molar-refractivity contribution in [1.29, 1.82) is 0 Å². The molecule has 1 aromatic rings. The first-order chi connectivity index (χ1) is 7.91. The standard InChI is InChI=1S/C10H13N3O4/c1-6-3-8(13(16)17)9(11-4-6)12-5-7(2)10(14)15/h3-4,7H,5H2,1-2H3,(H,11,12)(H,14,15). The largest absolute Gasteiger partial charge is 0.481 e. The normalized spacial score (nSPS) is 11.9. The van der Waals surface area contributed by atoms with Gasteiger partial charge in [0.1, 0.15) is 0 Å². The lowest BCUT2D eigenvalue weighted by Crippen LogP contribution is -2.20. The highest BCUT2D eigenvalue weighted by molar-refractivity contribution is 5.70. The fourth-order valence-corrected chi connectivity index (χ4v) is 1.17. The molecule has 1 heterocycles. The first-order valence-electron chi connectivity index (χ1n) is 4.99. The van der Waals surface area contributed by atoms with Crippen LogP contribution in [0.15, 0.2) is 12.3 Å². The number of nitrogens with one attached hydrogen (secondary N) is 1. The molecule has 0 aliphatic carbocycles. The van der Waals surface area contributed by atoms with Gasteiger partial charge in [-0.05, 0) is 12.5 Å². The van der Waals surface area contributed by atoms with Gasteiger partial charge >= 0.3 is 11.7 Å². The molecule has 0 bridgehead atoms. The molecular formula is C10H13N3O4. The Bertz CT molecular complexity index is 447. The highest BCUT2D eigenvalue weighted by atomic mass is 16.6. The van der Waals surface area contributed by atoms with E-state index in [9.17, 15) is 14.9 Å². The summed E-state index contributed by atoms with van der Waals surface area (Å²) in [7, 11) is 0. The van der Waals surface area contributed by atoms with E-state index in [4.69, 9.17) is 5.11 Å². The molecule has 0 aliphatic rings. The molecule has 17 heavy (non-hydrogen) atoms. The SMILES string of the molecule is Cc1cnc(NCC(C)C(=O)O)c([N+](=O)[O-])c1. The first-order valence-corrected chi connectivity index (χ1v) is 4.99. The maximum Gasteiger partial charge on any atom is 0.311 e. The molecule has 0 aromatic carbocycles. The second kappa shape index (κ2) is 5.24. The summed E-state index contributed by atoms with van der Waals surface area (Å²) in [5.41, 5.74) is 0.524. The number of nitro groups is 1. The summed E-state index contributed by atoms with van der Waals surface area (Å²) in [5.74, 6) is -1.52. The summed E-state index contributed by atoms with van der Waals surface area (Å²) < 4.78 is 0. The van der Waals surface area contributed by atoms with Crippen molar-refractivity contribution in [3.05, 3.63) is 27.9 Å². The van der Waals surface area contributed by atoms with Crippen molar-refractivity contribution in [2.75, 3.05) is 11.9 Å². The van der Waals surface area contributed by atoms with Gasteiger partial charge in [-0.25, -0.2) is 4.98 Å². The quantitative estimate of drug-likeness (QED) is 0.594. The van der Waals surface area contributed by atoms with Gasteiger partial charge in [-0.15, -0.1) is 0 Å². The van der Waals surface area contributed by atoms with Crippen LogP contribution in [0.25, 0.3) is 0 Å². The van der Waals surface area contributed by atoms with Crippen LogP contribution in [0.5, 0.6) is 0 Å². The van der Waals surface area contributed by atoms with Crippen LogP contribution < -0.4 is 5.32 Å². The molecule has 2 N–H and O–H groups in total. The lowest BCUT2D eigenvalue weighted by molar-refractivity contribution is -0.384. The number of anilines is 1. The number of carboxylic acids is 1. The number of carbonyl (C=O) groups is 1. The number of aromatic nitrogens is 1. The van der Waals surface area contributed by atoms with E-state index >= 15 is 0 Å². The maximum absolute atomic E-state index is 10.8. The predicted molar refractivity (Wildman–Crippen MR) is 60.9 cm³/mol. The van der Waals surface area contributed by atoms with Crippen LogP contribution in [0.2, 0.25) is 0 Å². The molecule has 1 rings (SSSR count). The van der Waals surface area contributed by atoms with Crippen LogP contribution in [0, 0.1) is 23.0 Å². The van der Waals surface area contributed by atoms with E-state index in [-0.39, 0.29) is 18.1 Å². The van der Waals surface area contributed by atoms with Gasteiger partial charge in [0.25, 0.3) is 0 Å². The number of rotatable bonds is 5. The second-order valence-corrected chi connectivity index (χ2v) is 3.76. The summed E-state index contributed by atoms with van der Waals surface area (Å²) in [4.78, 5) is 24.7. The van der Waals surface area contributed by atoms with Crippen molar-refractivity contribution in [3.8, 4) is 0 Å². The van der Waals surface area contributed by atoms with Gasteiger partial charge in [0.2, 0.25) is 5.82 Å². The Hall–Kier alpha value is -2.18. The monoisotopic (exact) mass is 239 g/mol. The number of carboxylic acid groups (broad SMARTS) is 1. The molecule has 0 radical (unpaired) electrons. The third-order valence-corrected chi connectivity index (χ3v) is 2.20. The molecule has 7 nitrogen and oxygen atoms in total. The number of pyridine rings is 1. The molecule has 0 spiro atoms. The molecule has 0 amide bonds. The fraction of sp³-hybridized carbons (Fsp3) is 0.400.